The molecule has 0 saturated carbocycles. The van der Waals surface area contributed by atoms with Gasteiger partial charge in [0.05, 0.1) is 17.3 Å². The highest BCUT2D eigenvalue weighted by Crippen LogP contribution is 2.40. The molecule has 2 saturated heterocycles. The zero-order valence-electron chi connectivity index (χ0n) is 16.2. The fourth-order valence-electron chi connectivity index (χ4n) is 4.36. The summed E-state index contributed by atoms with van der Waals surface area (Å²) in [4.78, 5) is 25.9. The van der Waals surface area contributed by atoms with Crippen molar-refractivity contribution >= 4 is 11.8 Å². The minimum absolute atomic E-state index is 0.142. The molecule has 2 aliphatic heterocycles. The highest BCUT2D eigenvalue weighted by molar-refractivity contribution is 5.76. The number of aromatic amines is 1. The lowest BCUT2D eigenvalue weighted by Gasteiger charge is -2.53. The van der Waals surface area contributed by atoms with Crippen molar-refractivity contribution in [2.75, 3.05) is 19.7 Å². The Kier molecular flexibility index (Phi) is 5.86. The first kappa shape index (κ1) is 19.8. The molecule has 8 nitrogen and oxygen atoms in total. The Hall–Kier alpha value is -1.93. The highest BCUT2D eigenvalue weighted by Gasteiger charge is 2.53. The first-order valence-electron chi connectivity index (χ1n) is 9.71. The molecule has 3 rings (SSSR count). The molecule has 150 valence electrons. The molecule has 1 spiro atoms. The predicted molar refractivity (Wildman–Crippen MR) is 98.9 cm³/mol. The second kappa shape index (κ2) is 7.98. The lowest BCUT2D eigenvalue weighted by atomic mass is 9.73. The summed E-state index contributed by atoms with van der Waals surface area (Å²) in [5.41, 5.74) is -0.277. The first-order chi connectivity index (χ1) is 12.8. The van der Waals surface area contributed by atoms with Crippen LogP contribution in [0.15, 0.2) is 12.4 Å². The third-order valence-corrected chi connectivity index (χ3v) is 5.95. The van der Waals surface area contributed by atoms with Crippen LogP contribution in [0.5, 0.6) is 0 Å². The number of amides is 2. The lowest BCUT2D eigenvalue weighted by molar-refractivity contribution is -0.208. The Morgan fingerprint density at radius 3 is 2.78 bits per heavy atom. The summed E-state index contributed by atoms with van der Waals surface area (Å²) in [6.45, 7) is 4.96. The molecule has 1 aromatic heterocycles. The van der Waals surface area contributed by atoms with Crippen molar-refractivity contribution in [3.8, 4) is 0 Å². The van der Waals surface area contributed by atoms with Gasteiger partial charge in [0.1, 0.15) is 6.10 Å². The van der Waals surface area contributed by atoms with E-state index in [0.29, 0.717) is 45.4 Å². The Morgan fingerprint density at radius 2 is 2.15 bits per heavy atom. The summed E-state index contributed by atoms with van der Waals surface area (Å²) >= 11 is 0. The number of H-pyrrole nitrogens is 1. The maximum Gasteiger partial charge on any atom is 0.222 e. The number of piperidine rings is 1. The van der Waals surface area contributed by atoms with Crippen LogP contribution in [-0.4, -0.2) is 69.0 Å². The maximum atomic E-state index is 12.5. The van der Waals surface area contributed by atoms with Gasteiger partial charge in [-0.25, -0.2) is 0 Å². The molecule has 8 heteroatoms. The van der Waals surface area contributed by atoms with Gasteiger partial charge in [0.25, 0.3) is 0 Å². The van der Waals surface area contributed by atoms with Crippen LogP contribution < -0.4 is 5.32 Å². The number of ether oxygens (including phenoxy) is 1. The van der Waals surface area contributed by atoms with Crippen molar-refractivity contribution in [3.63, 3.8) is 0 Å². The SMILES string of the molecule is CC(=O)N[C@@]1(C)CCOC2(CCN(C(=O)CCCc3cn[nH]c3)CC2)[C@@H]1O. The van der Waals surface area contributed by atoms with Crippen molar-refractivity contribution in [3.05, 3.63) is 18.0 Å². The van der Waals surface area contributed by atoms with Crippen molar-refractivity contribution in [2.45, 2.75) is 69.6 Å². The standard InChI is InChI=1S/C19H30N4O4/c1-14(24)22-18(2)8-11-27-19(17(18)26)6-9-23(10-7-19)16(25)5-3-4-15-12-20-21-13-15/h12-13,17,26H,3-11H2,1-2H3,(H,20,21)(H,22,24)/t17-,18+/m1/s1. The van der Waals surface area contributed by atoms with Crippen LogP contribution >= 0.6 is 0 Å². The number of rotatable bonds is 5. The molecule has 0 aliphatic carbocycles. The van der Waals surface area contributed by atoms with E-state index in [1.54, 1.807) is 6.20 Å². The van der Waals surface area contributed by atoms with Crippen molar-refractivity contribution in [1.29, 1.82) is 0 Å². The Morgan fingerprint density at radius 1 is 1.41 bits per heavy atom. The number of aromatic nitrogens is 2. The van der Waals surface area contributed by atoms with Gasteiger partial charge in [-0.1, -0.05) is 0 Å². The smallest absolute Gasteiger partial charge is 0.222 e. The number of hydrogen-bond donors (Lipinski definition) is 3. The van der Waals surface area contributed by atoms with E-state index < -0.39 is 17.2 Å². The van der Waals surface area contributed by atoms with E-state index >= 15 is 0 Å². The second-order valence-corrected chi connectivity index (χ2v) is 8.01. The van der Waals surface area contributed by atoms with Gasteiger partial charge in [-0.2, -0.15) is 5.10 Å². The van der Waals surface area contributed by atoms with Crippen LogP contribution in [0.3, 0.4) is 0 Å². The van der Waals surface area contributed by atoms with Gasteiger partial charge >= 0.3 is 0 Å². The molecule has 2 fully saturated rings. The molecule has 0 radical (unpaired) electrons. The van der Waals surface area contributed by atoms with Crippen molar-refractivity contribution in [1.82, 2.24) is 20.4 Å². The van der Waals surface area contributed by atoms with E-state index in [0.717, 1.165) is 18.4 Å². The molecular weight excluding hydrogens is 348 g/mol. The number of likely N-dealkylation sites (tertiary alicyclic amines) is 1. The summed E-state index contributed by atoms with van der Waals surface area (Å²) < 4.78 is 6.00. The molecule has 1 aromatic rings. The third kappa shape index (κ3) is 4.32. The topological polar surface area (TPSA) is 108 Å². The van der Waals surface area contributed by atoms with Gasteiger partial charge in [-0.05, 0) is 44.6 Å². The van der Waals surface area contributed by atoms with Gasteiger partial charge < -0.3 is 20.1 Å². The van der Waals surface area contributed by atoms with Crippen LogP contribution in [0.1, 0.15) is 51.5 Å². The molecule has 0 unspecified atom stereocenters. The average molecular weight is 378 g/mol. The van der Waals surface area contributed by atoms with Crippen LogP contribution in [-0.2, 0) is 20.7 Å². The first-order valence-corrected chi connectivity index (χ1v) is 9.71. The highest BCUT2D eigenvalue weighted by atomic mass is 16.5. The fraction of sp³-hybridized carbons (Fsp3) is 0.737. The molecule has 0 bridgehead atoms. The van der Waals surface area contributed by atoms with E-state index in [4.69, 9.17) is 4.74 Å². The second-order valence-electron chi connectivity index (χ2n) is 8.01. The summed E-state index contributed by atoms with van der Waals surface area (Å²) in [5, 5.41) is 20.6. The number of aliphatic hydroxyl groups excluding tert-OH is 1. The van der Waals surface area contributed by atoms with Crippen LogP contribution in [0.25, 0.3) is 0 Å². The number of aryl methyl sites for hydroxylation is 1. The van der Waals surface area contributed by atoms with Crippen LogP contribution in [0.2, 0.25) is 0 Å². The molecule has 3 N–H and O–H groups in total. The Bertz CT molecular complexity index is 655. The van der Waals surface area contributed by atoms with Gasteiger partial charge in [0.15, 0.2) is 0 Å². The van der Waals surface area contributed by atoms with E-state index in [2.05, 4.69) is 15.5 Å². The van der Waals surface area contributed by atoms with Gasteiger partial charge in [0.2, 0.25) is 11.8 Å². The number of carbonyl (C=O) groups is 2. The molecular formula is C19H30N4O4. The number of carbonyl (C=O) groups excluding carboxylic acids is 2. The normalized spacial score (nSPS) is 27.5. The summed E-state index contributed by atoms with van der Waals surface area (Å²) in [7, 11) is 0. The number of nitrogens with one attached hydrogen (secondary N) is 2. The zero-order valence-corrected chi connectivity index (χ0v) is 16.2. The molecule has 2 atom stereocenters. The van der Waals surface area contributed by atoms with E-state index in [1.807, 2.05) is 18.0 Å². The maximum absolute atomic E-state index is 12.5. The van der Waals surface area contributed by atoms with Gasteiger partial charge in [-0.3, -0.25) is 14.7 Å². The van der Waals surface area contributed by atoms with E-state index in [-0.39, 0.29) is 11.8 Å². The van der Waals surface area contributed by atoms with E-state index in [1.165, 1.54) is 6.92 Å². The molecule has 2 amide bonds. The van der Waals surface area contributed by atoms with Crippen LogP contribution in [0, 0.1) is 0 Å². The van der Waals surface area contributed by atoms with Crippen molar-refractivity contribution < 1.29 is 19.4 Å². The lowest BCUT2D eigenvalue weighted by Crippen LogP contribution is -2.69. The zero-order chi connectivity index (χ0) is 19.5. The molecule has 0 aromatic carbocycles. The average Bonchev–Trinajstić information content (AvgIpc) is 3.13. The summed E-state index contributed by atoms with van der Waals surface area (Å²) in [6.07, 6.45) is 6.70. The quantitative estimate of drug-likeness (QED) is 0.701. The summed E-state index contributed by atoms with van der Waals surface area (Å²) in [6, 6.07) is 0. The summed E-state index contributed by atoms with van der Waals surface area (Å²) in [5.74, 6) is -0.0119. The number of hydrogen-bond acceptors (Lipinski definition) is 5. The Balaban J connectivity index is 1.52. The minimum atomic E-state index is -0.791. The molecule has 3 heterocycles. The largest absolute Gasteiger partial charge is 0.388 e. The fourth-order valence-corrected chi connectivity index (χ4v) is 4.36. The molecule has 27 heavy (non-hydrogen) atoms. The van der Waals surface area contributed by atoms with Gasteiger partial charge in [0, 0.05) is 39.2 Å². The number of aliphatic hydroxyl groups is 1. The monoisotopic (exact) mass is 378 g/mol. The minimum Gasteiger partial charge on any atom is -0.388 e. The molecule has 2 aliphatic rings. The Labute approximate surface area is 159 Å². The van der Waals surface area contributed by atoms with Crippen molar-refractivity contribution in [2.24, 2.45) is 0 Å². The third-order valence-electron chi connectivity index (χ3n) is 5.95. The van der Waals surface area contributed by atoms with Gasteiger partial charge in [-0.15, -0.1) is 0 Å². The predicted octanol–water partition coefficient (Wildman–Crippen LogP) is 0.770. The van der Waals surface area contributed by atoms with Crippen LogP contribution in [0.4, 0.5) is 0 Å². The van der Waals surface area contributed by atoms with E-state index in [9.17, 15) is 14.7 Å². The number of nitrogens with zero attached hydrogens (tertiary/aromatic N) is 2.